The second-order valence-electron chi connectivity index (χ2n) is 4.23. The third-order valence-corrected chi connectivity index (χ3v) is 2.64. The van der Waals surface area contributed by atoms with Gasteiger partial charge in [0.15, 0.2) is 12.4 Å². The first-order valence-electron chi connectivity index (χ1n) is 5.52. The third kappa shape index (κ3) is 3.63. The summed E-state index contributed by atoms with van der Waals surface area (Å²) in [4.78, 5) is 33.0. The first-order valence-corrected chi connectivity index (χ1v) is 5.52. The molecule has 0 spiro atoms. The van der Waals surface area contributed by atoms with E-state index in [2.05, 4.69) is 10.6 Å². The van der Waals surface area contributed by atoms with Crippen molar-refractivity contribution in [2.75, 3.05) is 0 Å². The van der Waals surface area contributed by atoms with Gasteiger partial charge in [0.1, 0.15) is 12.1 Å². The number of ether oxygens (including phenoxy) is 1. The van der Waals surface area contributed by atoms with Crippen molar-refractivity contribution in [3.8, 4) is 0 Å². The lowest BCUT2D eigenvalue weighted by molar-refractivity contribution is -0.229. The van der Waals surface area contributed by atoms with Crippen molar-refractivity contribution in [3.05, 3.63) is 0 Å². The van der Waals surface area contributed by atoms with E-state index in [4.69, 9.17) is 9.84 Å². The minimum atomic E-state index is -1.70. The molecule has 5 N–H and O–H groups in total. The van der Waals surface area contributed by atoms with Gasteiger partial charge in [0.05, 0.1) is 6.04 Å². The molecule has 0 aromatic heterocycles. The van der Waals surface area contributed by atoms with Crippen LogP contribution in [0.4, 0.5) is 0 Å². The summed E-state index contributed by atoms with van der Waals surface area (Å²) in [6.07, 6.45) is -4.97. The van der Waals surface area contributed by atoms with Crippen LogP contribution < -0.4 is 10.6 Å². The fourth-order valence-corrected chi connectivity index (χ4v) is 1.90. The highest BCUT2D eigenvalue weighted by Gasteiger charge is 2.48. The van der Waals surface area contributed by atoms with Crippen LogP contribution in [0.15, 0.2) is 0 Å². The molecule has 0 aromatic rings. The summed E-state index contributed by atoms with van der Waals surface area (Å²) in [6.45, 7) is 2.34. The quantitative estimate of drug-likeness (QED) is 0.373. The maximum absolute atomic E-state index is 11.1. The van der Waals surface area contributed by atoms with Gasteiger partial charge in [-0.3, -0.25) is 9.59 Å². The van der Waals surface area contributed by atoms with Gasteiger partial charge in [-0.1, -0.05) is 0 Å². The number of aliphatic carboxylic acids is 1. The fourth-order valence-electron chi connectivity index (χ4n) is 1.90. The van der Waals surface area contributed by atoms with E-state index in [1.807, 2.05) is 0 Å². The number of carbonyl (C=O) groups excluding carboxylic acids is 2. The molecule has 1 aliphatic heterocycles. The number of amides is 2. The lowest BCUT2D eigenvalue weighted by Crippen LogP contribution is -2.69. The normalized spacial score (nSPS) is 34.4. The predicted octanol–water partition coefficient (Wildman–Crippen LogP) is -2.84. The van der Waals surface area contributed by atoms with Gasteiger partial charge in [-0.15, -0.1) is 0 Å². The van der Waals surface area contributed by atoms with Crippen molar-refractivity contribution in [3.63, 3.8) is 0 Å². The topological polar surface area (TPSA) is 145 Å². The Morgan fingerprint density at radius 2 is 1.47 bits per heavy atom. The molecular formula is C10H16N2O7. The Kier molecular flexibility index (Phi) is 4.81. The maximum Gasteiger partial charge on any atom is 0.335 e. The van der Waals surface area contributed by atoms with Crippen LogP contribution in [-0.2, 0) is 19.1 Å². The second kappa shape index (κ2) is 5.95. The molecule has 0 unspecified atom stereocenters. The molecule has 0 radical (unpaired) electrons. The number of aliphatic hydroxyl groups excluding tert-OH is 2. The molecule has 9 heteroatoms. The van der Waals surface area contributed by atoms with Crippen molar-refractivity contribution in [2.45, 2.75) is 44.4 Å². The fraction of sp³-hybridized carbons (Fsp3) is 0.700. The molecule has 1 heterocycles. The summed E-state index contributed by atoms with van der Waals surface area (Å²) < 4.78 is 4.73. The van der Waals surface area contributed by atoms with Crippen LogP contribution in [0.25, 0.3) is 0 Å². The van der Waals surface area contributed by atoms with E-state index in [0.717, 1.165) is 6.92 Å². The number of nitrogens with one attached hydrogen (secondary N) is 2. The molecular weight excluding hydrogens is 260 g/mol. The first-order chi connectivity index (χ1) is 8.73. The Bertz CT molecular complexity index is 386. The summed E-state index contributed by atoms with van der Waals surface area (Å²) >= 11 is 0. The van der Waals surface area contributed by atoms with E-state index in [-0.39, 0.29) is 0 Å². The summed E-state index contributed by atoms with van der Waals surface area (Å²) in [5.41, 5.74) is 0. The molecule has 1 aliphatic rings. The molecule has 9 nitrogen and oxygen atoms in total. The summed E-state index contributed by atoms with van der Waals surface area (Å²) in [5.74, 6) is -2.55. The monoisotopic (exact) mass is 276 g/mol. The van der Waals surface area contributed by atoms with Gasteiger partial charge in [0.2, 0.25) is 11.8 Å². The van der Waals surface area contributed by atoms with E-state index < -0.39 is 48.4 Å². The smallest absolute Gasteiger partial charge is 0.335 e. The van der Waals surface area contributed by atoms with Crippen LogP contribution in [0.3, 0.4) is 0 Å². The molecule has 1 rings (SSSR count). The van der Waals surface area contributed by atoms with Gasteiger partial charge in [-0.05, 0) is 0 Å². The van der Waals surface area contributed by atoms with Crippen molar-refractivity contribution in [1.82, 2.24) is 10.6 Å². The molecule has 19 heavy (non-hydrogen) atoms. The van der Waals surface area contributed by atoms with Crippen LogP contribution in [0, 0.1) is 0 Å². The highest BCUT2D eigenvalue weighted by Crippen LogP contribution is 2.20. The molecule has 0 bridgehead atoms. The van der Waals surface area contributed by atoms with E-state index >= 15 is 0 Å². The molecule has 108 valence electrons. The van der Waals surface area contributed by atoms with Crippen LogP contribution in [0.2, 0.25) is 0 Å². The Morgan fingerprint density at radius 1 is 1.00 bits per heavy atom. The van der Waals surface area contributed by atoms with E-state index in [1.165, 1.54) is 6.92 Å². The molecule has 0 aliphatic carbocycles. The third-order valence-electron chi connectivity index (χ3n) is 2.64. The number of carboxylic acids is 1. The Balaban J connectivity index is 2.98. The zero-order valence-corrected chi connectivity index (χ0v) is 10.4. The Labute approximate surface area is 108 Å². The van der Waals surface area contributed by atoms with Crippen molar-refractivity contribution in [1.29, 1.82) is 0 Å². The molecule has 0 aromatic carbocycles. The van der Waals surface area contributed by atoms with Crippen molar-refractivity contribution in [2.24, 2.45) is 0 Å². The van der Waals surface area contributed by atoms with Crippen LogP contribution >= 0.6 is 0 Å². The highest BCUT2D eigenvalue weighted by atomic mass is 16.6. The summed E-state index contributed by atoms with van der Waals surface area (Å²) in [5, 5.41) is 33.0. The molecule has 5 atom stereocenters. The second-order valence-corrected chi connectivity index (χ2v) is 4.23. The van der Waals surface area contributed by atoms with E-state index in [0.29, 0.717) is 0 Å². The minimum absolute atomic E-state index is 0.524. The van der Waals surface area contributed by atoms with Crippen LogP contribution in [0.1, 0.15) is 13.8 Å². The van der Waals surface area contributed by atoms with Crippen molar-refractivity contribution < 1.29 is 34.4 Å². The van der Waals surface area contributed by atoms with Gasteiger partial charge >= 0.3 is 5.97 Å². The maximum atomic E-state index is 11.1. The van der Waals surface area contributed by atoms with Crippen LogP contribution in [-0.4, -0.2) is 63.7 Å². The minimum Gasteiger partial charge on any atom is -0.479 e. The molecule has 1 saturated heterocycles. The number of aliphatic hydroxyl groups is 2. The van der Waals surface area contributed by atoms with E-state index in [9.17, 15) is 24.6 Å². The average molecular weight is 276 g/mol. The zero-order chi connectivity index (χ0) is 14.7. The average Bonchev–Trinajstić information content (AvgIpc) is 2.26. The van der Waals surface area contributed by atoms with Crippen LogP contribution in [0.5, 0.6) is 0 Å². The first kappa shape index (κ1) is 15.3. The number of carboxylic acid groups (broad SMARTS) is 1. The standard InChI is InChI=1S/C10H16N2O7/c1-3(13)11-5-6(12-4(2)14)10(18)19-8(7(5)15)9(16)17/h5-8,10,15,18H,1-2H3,(H,11,13)(H,12,14)(H,16,17)/t5-,6+,7+,8-,10-/m1/s1. The number of carbonyl (C=O) groups is 3. The lowest BCUT2D eigenvalue weighted by Gasteiger charge is -2.41. The largest absolute Gasteiger partial charge is 0.479 e. The Morgan fingerprint density at radius 3 is 1.89 bits per heavy atom. The van der Waals surface area contributed by atoms with Gasteiger partial charge in [0, 0.05) is 13.8 Å². The number of hydrogen-bond acceptors (Lipinski definition) is 6. The van der Waals surface area contributed by atoms with Gasteiger partial charge in [-0.2, -0.15) is 0 Å². The molecule has 1 fully saturated rings. The molecule has 0 saturated carbocycles. The number of rotatable bonds is 3. The lowest BCUT2D eigenvalue weighted by atomic mass is 9.93. The Hall–Kier alpha value is -1.71. The summed E-state index contributed by atoms with van der Waals surface area (Å²) in [7, 11) is 0. The molecule has 2 amide bonds. The van der Waals surface area contributed by atoms with Gasteiger partial charge in [-0.25, -0.2) is 4.79 Å². The van der Waals surface area contributed by atoms with E-state index in [1.54, 1.807) is 0 Å². The number of hydrogen-bond donors (Lipinski definition) is 5. The van der Waals surface area contributed by atoms with Crippen molar-refractivity contribution >= 4 is 17.8 Å². The predicted molar refractivity (Wildman–Crippen MR) is 59.7 cm³/mol. The van der Waals surface area contributed by atoms with Gasteiger partial charge < -0.3 is 30.7 Å². The highest BCUT2D eigenvalue weighted by molar-refractivity contribution is 5.77. The SMILES string of the molecule is CC(=O)N[C@H]1[C@H](O)[C@H](C(=O)O)O[C@@H](O)[C@H]1NC(C)=O. The zero-order valence-electron chi connectivity index (χ0n) is 10.4. The summed E-state index contributed by atoms with van der Waals surface area (Å²) in [6, 6.07) is -2.32. The van der Waals surface area contributed by atoms with Gasteiger partial charge in [0.25, 0.3) is 0 Å².